The molecule has 3 aromatic carbocycles. The summed E-state index contributed by atoms with van der Waals surface area (Å²) in [5, 5.41) is 1.74. The van der Waals surface area contributed by atoms with Gasteiger partial charge < -0.3 is 19.0 Å². The van der Waals surface area contributed by atoms with Gasteiger partial charge in [-0.05, 0) is 47.2 Å². The van der Waals surface area contributed by atoms with Crippen LogP contribution in [0.2, 0.25) is 5.02 Å². The molecule has 0 aromatic heterocycles. The van der Waals surface area contributed by atoms with E-state index < -0.39 is 12.1 Å². The van der Waals surface area contributed by atoms with Gasteiger partial charge in [-0.25, -0.2) is 0 Å². The lowest BCUT2D eigenvalue weighted by Gasteiger charge is -2.17. The molecule has 31 heavy (non-hydrogen) atoms. The molecule has 0 radical (unpaired) electrons. The molecule has 4 nitrogen and oxygen atoms in total. The number of hydrogen-bond acceptors (Lipinski definition) is 4. The molecule has 0 N–H and O–H groups in total. The maximum absolute atomic E-state index is 12.9. The van der Waals surface area contributed by atoms with Gasteiger partial charge in [0.15, 0.2) is 11.5 Å². The highest BCUT2D eigenvalue weighted by molar-refractivity contribution is 6.32. The average Bonchev–Trinajstić information content (AvgIpc) is 3.51. The molecule has 0 aliphatic heterocycles. The van der Waals surface area contributed by atoms with Gasteiger partial charge in [0.25, 0.3) is 0 Å². The Hall–Kier alpha value is -2.93. The fraction of sp³-hybridized carbons (Fsp3) is 0.261. The first-order valence-corrected chi connectivity index (χ1v) is 10.0. The van der Waals surface area contributed by atoms with Crippen LogP contribution in [0.25, 0.3) is 10.8 Å². The van der Waals surface area contributed by atoms with Crippen LogP contribution in [0.3, 0.4) is 0 Å². The van der Waals surface area contributed by atoms with Crippen molar-refractivity contribution in [1.29, 1.82) is 0 Å². The number of carbonyl (C=O) groups is 1. The predicted octanol–water partition coefficient (Wildman–Crippen LogP) is 6.71. The molecule has 3 aromatic rings. The fourth-order valence-electron chi connectivity index (χ4n) is 3.13. The quantitative estimate of drug-likeness (QED) is 0.357. The minimum atomic E-state index is -4.90. The van der Waals surface area contributed by atoms with Crippen LogP contribution in [-0.2, 0) is 11.2 Å². The van der Waals surface area contributed by atoms with E-state index in [1.165, 1.54) is 6.07 Å². The van der Waals surface area contributed by atoms with Crippen LogP contribution in [0.4, 0.5) is 13.2 Å². The molecule has 0 spiro atoms. The second-order valence-electron chi connectivity index (χ2n) is 7.35. The molecule has 1 aliphatic carbocycles. The minimum absolute atomic E-state index is 0.0308. The molecule has 0 saturated heterocycles. The van der Waals surface area contributed by atoms with Crippen molar-refractivity contribution in [3.63, 3.8) is 0 Å². The number of halogens is 4. The molecule has 1 fully saturated rings. The van der Waals surface area contributed by atoms with E-state index in [4.69, 9.17) is 21.1 Å². The van der Waals surface area contributed by atoms with Gasteiger partial charge in [0.1, 0.15) is 17.8 Å². The first kappa shape index (κ1) is 21.3. The van der Waals surface area contributed by atoms with Gasteiger partial charge >= 0.3 is 6.36 Å². The van der Waals surface area contributed by atoms with Crippen molar-refractivity contribution in [3.05, 3.63) is 59.1 Å². The van der Waals surface area contributed by atoms with E-state index in [0.29, 0.717) is 18.1 Å². The van der Waals surface area contributed by atoms with Crippen molar-refractivity contribution in [3.8, 4) is 23.0 Å². The molecule has 1 aliphatic rings. The van der Waals surface area contributed by atoms with Gasteiger partial charge in [-0.1, -0.05) is 35.9 Å². The molecule has 1 saturated carbocycles. The summed E-state index contributed by atoms with van der Waals surface area (Å²) in [5.41, 5.74) is 0.888. The second kappa shape index (κ2) is 8.67. The summed E-state index contributed by atoms with van der Waals surface area (Å²) in [6, 6.07) is 13.3. The van der Waals surface area contributed by atoms with Gasteiger partial charge in [0, 0.05) is 18.6 Å². The molecule has 0 heterocycles. The van der Waals surface area contributed by atoms with Crippen LogP contribution in [-0.4, -0.2) is 19.3 Å². The van der Waals surface area contributed by atoms with Crippen molar-refractivity contribution < 1.29 is 32.2 Å². The van der Waals surface area contributed by atoms with Crippen LogP contribution in [0.15, 0.2) is 48.5 Å². The maximum atomic E-state index is 12.9. The zero-order valence-electron chi connectivity index (χ0n) is 16.2. The lowest BCUT2D eigenvalue weighted by molar-refractivity contribution is -0.275. The van der Waals surface area contributed by atoms with Gasteiger partial charge in [-0.2, -0.15) is 0 Å². The molecule has 162 valence electrons. The second-order valence-corrected chi connectivity index (χ2v) is 7.76. The molecule has 4 rings (SSSR count). The monoisotopic (exact) mass is 450 g/mol. The summed E-state index contributed by atoms with van der Waals surface area (Å²) in [6.45, 7) is 0.283. The topological polar surface area (TPSA) is 44.8 Å². The summed E-state index contributed by atoms with van der Waals surface area (Å²) >= 11 is 6.19. The van der Waals surface area contributed by atoms with Crippen LogP contribution in [0.1, 0.15) is 18.4 Å². The number of fused-ring (bicyclic) bond motifs is 1. The Balaban J connectivity index is 1.60. The third kappa shape index (κ3) is 5.61. The highest BCUT2D eigenvalue weighted by atomic mass is 35.5. The first-order valence-electron chi connectivity index (χ1n) is 9.67. The molecule has 8 heteroatoms. The van der Waals surface area contributed by atoms with Gasteiger partial charge in [0.2, 0.25) is 0 Å². The van der Waals surface area contributed by atoms with E-state index >= 15 is 0 Å². The summed E-state index contributed by atoms with van der Waals surface area (Å²) < 4.78 is 54.1. The average molecular weight is 451 g/mol. The van der Waals surface area contributed by atoms with Crippen molar-refractivity contribution in [1.82, 2.24) is 0 Å². The Morgan fingerprint density at radius 2 is 1.74 bits per heavy atom. The molecule has 0 amide bonds. The van der Waals surface area contributed by atoms with Gasteiger partial charge in [-0.3, -0.25) is 0 Å². The van der Waals surface area contributed by atoms with Crippen molar-refractivity contribution >= 4 is 28.7 Å². The van der Waals surface area contributed by atoms with Crippen LogP contribution >= 0.6 is 11.6 Å². The number of alkyl halides is 3. The SMILES string of the molecule is O=CCc1ccc2cc(Oc3cc(Cl)c(OCC4CC4)c(OC(F)(F)F)c3)ccc2c1. The lowest BCUT2D eigenvalue weighted by atomic mass is 10.1. The summed E-state index contributed by atoms with van der Waals surface area (Å²) in [6.07, 6.45) is -1.79. The molecular formula is C23H18ClF3O4. The Morgan fingerprint density at radius 1 is 1.00 bits per heavy atom. The summed E-state index contributed by atoms with van der Waals surface area (Å²) in [7, 11) is 0. The third-order valence-electron chi connectivity index (χ3n) is 4.80. The number of rotatable bonds is 8. The number of aldehydes is 1. The smallest absolute Gasteiger partial charge is 0.488 e. The van der Waals surface area contributed by atoms with Crippen LogP contribution in [0.5, 0.6) is 23.0 Å². The van der Waals surface area contributed by atoms with Crippen LogP contribution < -0.4 is 14.2 Å². The fourth-order valence-corrected chi connectivity index (χ4v) is 3.38. The molecular weight excluding hydrogens is 433 g/mol. The Kier molecular flexibility index (Phi) is 5.96. The maximum Gasteiger partial charge on any atom is 0.573 e. The summed E-state index contributed by atoms with van der Waals surface area (Å²) in [5.74, 6) is 0.126. The number of benzene rings is 3. The standard InChI is InChI=1S/C23H18ClF3O4/c24-20-11-19(12-21(31-23(25,26)27)22(20)29-13-15-1-2-15)30-18-6-5-16-9-14(7-8-28)3-4-17(16)10-18/h3-6,8-12,15H,1-2,7,13H2. The zero-order valence-corrected chi connectivity index (χ0v) is 17.0. The lowest BCUT2D eigenvalue weighted by Crippen LogP contribution is -2.18. The van der Waals surface area contributed by atoms with Crippen LogP contribution in [0, 0.1) is 5.92 Å². The molecule has 0 unspecified atom stereocenters. The van der Waals surface area contributed by atoms with E-state index in [1.807, 2.05) is 18.2 Å². The van der Waals surface area contributed by atoms with Crippen molar-refractivity contribution in [2.75, 3.05) is 6.61 Å². The van der Waals surface area contributed by atoms with E-state index in [0.717, 1.165) is 41.5 Å². The number of hydrogen-bond donors (Lipinski definition) is 0. The normalized spacial score (nSPS) is 13.8. The third-order valence-corrected chi connectivity index (χ3v) is 5.08. The van der Waals surface area contributed by atoms with Gasteiger partial charge in [0.05, 0.1) is 11.6 Å². The van der Waals surface area contributed by atoms with E-state index in [2.05, 4.69) is 4.74 Å². The van der Waals surface area contributed by atoms with Crippen molar-refractivity contribution in [2.24, 2.45) is 5.92 Å². The summed E-state index contributed by atoms with van der Waals surface area (Å²) in [4.78, 5) is 10.7. The molecule has 0 bridgehead atoms. The Morgan fingerprint density at radius 3 is 2.45 bits per heavy atom. The molecule has 0 atom stereocenters. The minimum Gasteiger partial charge on any atom is -0.488 e. The predicted molar refractivity (Wildman–Crippen MR) is 110 cm³/mol. The first-order chi connectivity index (χ1) is 14.8. The largest absolute Gasteiger partial charge is 0.573 e. The van der Waals surface area contributed by atoms with Gasteiger partial charge in [-0.15, -0.1) is 13.2 Å². The highest BCUT2D eigenvalue weighted by Gasteiger charge is 2.34. The van der Waals surface area contributed by atoms with E-state index in [1.54, 1.807) is 18.2 Å². The van der Waals surface area contributed by atoms with Crippen molar-refractivity contribution in [2.45, 2.75) is 25.6 Å². The number of ether oxygens (including phenoxy) is 3. The number of carbonyl (C=O) groups excluding carboxylic acids is 1. The van der Waals surface area contributed by atoms with E-state index in [-0.39, 0.29) is 23.1 Å². The highest BCUT2D eigenvalue weighted by Crippen LogP contribution is 2.43. The van der Waals surface area contributed by atoms with E-state index in [9.17, 15) is 18.0 Å². The Bertz CT molecular complexity index is 1110. The Labute approximate surface area is 181 Å². The zero-order chi connectivity index (χ0) is 22.0.